The molecule has 4 aromatic carbocycles. The topological polar surface area (TPSA) is 25.8 Å². The Kier molecular flexibility index (Phi) is 4.15. The molecule has 0 fully saturated rings. The number of aromatic nitrogens is 2. The fourth-order valence-electron chi connectivity index (χ4n) is 4.00. The maximum absolute atomic E-state index is 5.08. The second-order valence-electron chi connectivity index (χ2n) is 7.20. The summed E-state index contributed by atoms with van der Waals surface area (Å²) in [6.45, 7) is 0. The Morgan fingerprint density at radius 2 is 1.50 bits per heavy atom. The molecule has 0 aliphatic rings. The standard InChI is InChI=1S/C26H15BrN2S/c27-17-13-14-22-20(15-17)24-19(10-6-12-23(24)30-22)26-28-21-11-5-4-9-18(21)25(29-26)16-7-2-1-3-8-16/h1-15H. The first kappa shape index (κ1) is 17.8. The average Bonchev–Trinajstić information content (AvgIpc) is 3.17. The molecule has 142 valence electrons. The maximum atomic E-state index is 5.08. The molecule has 0 saturated carbocycles. The van der Waals surface area contributed by atoms with Crippen LogP contribution in [-0.2, 0) is 0 Å². The lowest BCUT2D eigenvalue weighted by Crippen LogP contribution is -1.95. The molecule has 0 bridgehead atoms. The van der Waals surface area contributed by atoms with Crippen molar-refractivity contribution in [3.8, 4) is 22.6 Å². The minimum absolute atomic E-state index is 0.762. The molecular weight excluding hydrogens is 452 g/mol. The van der Waals surface area contributed by atoms with Gasteiger partial charge in [0.15, 0.2) is 5.82 Å². The third-order valence-electron chi connectivity index (χ3n) is 5.35. The van der Waals surface area contributed by atoms with Gasteiger partial charge in [0.25, 0.3) is 0 Å². The summed E-state index contributed by atoms with van der Waals surface area (Å²) >= 11 is 5.44. The van der Waals surface area contributed by atoms with Gasteiger partial charge in [0.05, 0.1) is 11.2 Å². The first-order valence-electron chi connectivity index (χ1n) is 9.71. The number of para-hydroxylation sites is 1. The summed E-state index contributed by atoms with van der Waals surface area (Å²) in [5.74, 6) is 0.762. The predicted octanol–water partition coefficient (Wildman–Crippen LogP) is 8.09. The predicted molar refractivity (Wildman–Crippen MR) is 131 cm³/mol. The van der Waals surface area contributed by atoms with E-state index in [2.05, 4.69) is 88.7 Å². The minimum atomic E-state index is 0.762. The Labute approximate surface area is 186 Å². The second-order valence-corrected chi connectivity index (χ2v) is 9.20. The average molecular weight is 467 g/mol. The van der Waals surface area contributed by atoms with Gasteiger partial charge < -0.3 is 0 Å². The van der Waals surface area contributed by atoms with Crippen molar-refractivity contribution < 1.29 is 0 Å². The third kappa shape index (κ3) is 2.83. The summed E-state index contributed by atoms with van der Waals surface area (Å²) in [5, 5.41) is 3.52. The van der Waals surface area contributed by atoms with Gasteiger partial charge in [0.1, 0.15) is 0 Å². The summed E-state index contributed by atoms with van der Waals surface area (Å²) in [7, 11) is 0. The van der Waals surface area contributed by atoms with Gasteiger partial charge in [-0.2, -0.15) is 0 Å². The zero-order chi connectivity index (χ0) is 20.1. The van der Waals surface area contributed by atoms with Crippen LogP contribution in [-0.4, -0.2) is 9.97 Å². The number of benzene rings is 4. The van der Waals surface area contributed by atoms with Gasteiger partial charge in [-0.15, -0.1) is 11.3 Å². The first-order valence-corrected chi connectivity index (χ1v) is 11.3. The Hall–Kier alpha value is -3.08. The van der Waals surface area contributed by atoms with Crippen molar-refractivity contribution in [2.75, 3.05) is 0 Å². The third-order valence-corrected chi connectivity index (χ3v) is 6.98. The van der Waals surface area contributed by atoms with E-state index in [1.54, 1.807) is 0 Å². The number of rotatable bonds is 2. The Bertz CT molecular complexity index is 1550. The van der Waals surface area contributed by atoms with Crippen LogP contribution in [0.15, 0.2) is 95.5 Å². The van der Waals surface area contributed by atoms with Crippen molar-refractivity contribution in [2.24, 2.45) is 0 Å². The SMILES string of the molecule is Brc1ccc2sc3cccc(-c4nc(-c5ccccc5)c5ccccc5n4)c3c2c1. The molecule has 0 radical (unpaired) electrons. The maximum Gasteiger partial charge on any atom is 0.161 e. The first-order chi connectivity index (χ1) is 14.8. The molecule has 6 rings (SSSR count). The van der Waals surface area contributed by atoms with E-state index < -0.39 is 0 Å². The van der Waals surface area contributed by atoms with E-state index in [1.165, 1.54) is 20.2 Å². The Balaban J connectivity index is 1.71. The van der Waals surface area contributed by atoms with Gasteiger partial charge in [0, 0.05) is 41.2 Å². The molecule has 0 saturated heterocycles. The molecule has 2 aromatic heterocycles. The Morgan fingerprint density at radius 3 is 2.40 bits per heavy atom. The van der Waals surface area contributed by atoms with Crippen LogP contribution in [0.2, 0.25) is 0 Å². The number of hydrogen-bond acceptors (Lipinski definition) is 3. The lowest BCUT2D eigenvalue weighted by Gasteiger charge is -2.10. The molecular formula is C26H15BrN2S. The molecule has 6 aromatic rings. The molecule has 30 heavy (non-hydrogen) atoms. The summed E-state index contributed by atoms with van der Waals surface area (Å²) in [6.07, 6.45) is 0. The highest BCUT2D eigenvalue weighted by Crippen LogP contribution is 2.41. The summed E-state index contributed by atoms with van der Waals surface area (Å²) < 4.78 is 3.59. The van der Waals surface area contributed by atoms with Crippen LogP contribution in [0.5, 0.6) is 0 Å². The molecule has 4 heteroatoms. The summed E-state index contributed by atoms with van der Waals surface area (Å²) in [5.41, 5.74) is 4.09. The van der Waals surface area contributed by atoms with E-state index >= 15 is 0 Å². The molecule has 0 aliphatic heterocycles. The van der Waals surface area contributed by atoms with Gasteiger partial charge in [-0.1, -0.05) is 76.6 Å². The van der Waals surface area contributed by atoms with Crippen LogP contribution >= 0.6 is 27.3 Å². The van der Waals surface area contributed by atoms with Crippen LogP contribution in [0.4, 0.5) is 0 Å². The van der Waals surface area contributed by atoms with Crippen molar-refractivity contribution in [3.63, 3.8) is 0 Å². The number of hydrogen-bond donors (Lipinski definition) is 0. The van der Waals surface area contributed by atoms with Gasteiger partial charge in [-0.25, -0.2) is 9.97 Å². The normalized spacial score (nSPS) is 11.5. The lowest BCUT2D eigenvalue weighted by molar-refractivity contribution is 1.23. The summed E-state index contributed by atoms with van der Waals surface area (Å²) in [4.78, 5) is 10.1. The number of thiophene rings is 1. The van der Waals surface area contributed by atoms with Crippen molar-refractivity contribution in [2.45, 2.75) is 0 Å². The van der Waals surface area contributed by atoms with Crippen molar-refractivity contribution >= 4 is 58.3 Å². The van der Waals surface area contributed by atoms with Crippen LogP contribution in [0.3, 0.4) is 0 Å². The second kappa shape index (κ2) is 7.01. The highest BCUT2D eigenvalue weighted by atomic mass is 79.9. The quantitative estimate of drug-likeness (QED) is 0.257. The molecule has 0 atom stereocenters. The van der Waals surface area contributed by atoms with Gasteiger partial charge in [0.2, 0.25) is 0 Å². The van der Waals surface area contributed by atoms with Crippen LogP contribution < -0.4 is 0 Å². The number of fused-ring (bicyclic) bond motifs is 4. The molecule has 0 N–H and O–H groups in total. The fraction of sp³-hybridized carbons (Fsp3) is 0. The molecule has 0 spiro atoms. The van der Waals surface area contributed by atoms with Crippen molar-refractivity contribution in [1.29, 1.82) is 0 Å². The van der Waals surface area contributed by atoms with Crippen molar-refractivity contribution in [1.82, 2.24) is 9.97 Å². The lowest BCUT2D eigenvalue weighted by atomic mass is 10.0. The zero-order valence-electron chi connectivity index (χ0n) is 15.8. The van der Waals surface area contributed by atoms with E-state index in [0.717, 1.165) is 38.0 Å². The zero-order valence-corrected chi connectivity index (χ0v) is 18.2. The van der Waals surface area contributed by atoms with Gasteiger partial charge >= 0.3 is 0 Å². The largest absolute Gasteiger partial charge is 0.228 e. The van der Waals surface area contributed by atoms with Gasteiger partial charge in [-0.3, -0.25) is 0 Å². The van der Waals surface area contributed by atoms with Crippen LogP contribution in [0.25, 0.3) is 53.7 Å². The molecule has 0 aliphatic carbocycles. The molecule has 2 nitrogen and oxygen atoms in total. The minimum Gasteiger partial charge on any atom is -0.228 e. The van der Waals surface area contributed by atoms with Crippen LogP contribution in [0.1, 0.15) is 0 Å². The fourth-order valence-corrected chi connectivity index (χ4v) is 5.47. The smallest absolute Gasteiger partial charge is 0.161 e. The number of nitrogens with zero attached hydrogens (tertiary/aromatic N) is 2. The van der Waals surface area contributed by atoms with Gasteiger partial charge in [-0.05, 0) is 30.3 Å². The van der Waals surface area contributed by atoms with E-state index in [9.17, 15) is 0 Å². The molecule has 0 unspecified atom stereocenters. The molecule has 2 heterocycles. The van der Waals surface area contributed by atoms with Crippen molar-refractivity contribution in [3.05, 3.63) is 95.5 Å². The highest BCUT2D eigenvalue weighted by molar-refractivity contribution is 9.10. The monoisotopic (exact) mass is 466 g/mol. The molecule has 0 amide bonds. The number of halogens is 1. The van der Waals surface area contributed by atoms with E-state index in [-0.39, 0.29) is 0 Å². The van der Waals surface area contributed by atoms with E-state index in [1.807, 2.05) is 29.5 Å². The van der Waals surface area contributed by atoms with E-state index in [0.29, 0.717) is 0 Å². The van der Waals surface area contributed by atoms with E-state index in [4.69, 9.17) is 9.97 Å². The van der Waals surface area contributed by atoms with Crippen LogP contribution in [0, 0.1) is 0 Å². The Morgan fingerprint density at radius 1 is 0.667 bits per heavy atom. The summed E-state index contributed by atoms with van der Waals surface area (Å²) in [6, 6.07) is 31.5. The highest BCUT2D eigenvalue weighted by Gasteiger charge is 2.16.